The van der Waals surface area contributed by atoms with Crippen molar-refractivity contribution in [2.45, 2.75) is 27.2 Å². The van der Waals surface area contributed by atoms with E-state index >= 15 is 0 Å². The molecule has 0 fully saturated rings. The minimum atomic E-state index is -0.291. The summed E-state index contributed by atoms with van der Waals surface area (Å²) in [4.78, 5) is 11.0. The minimum Gasteiger partial charge on any atom is -0.466 e. The van der Waals surface area contributed by atoms with Crippen LogP contribution in [0.2, 0.25) is 0 Å². The van der Waals surface area contributed by atoms with E-state index in [1.165, 1.54) is 18.8 Å². The van der Waals surface area contributed by atoms with Crippen molar-refractivity contribution in [2.24, 2.45) is 11.3 Å². The van der Waals surface area contributed by atoms with Crippen LogP contribution in [0, 0.1) is 11.3 Å². The van der Waals surface area contributed by atoms with Gasteiger partial charge in [-0.1, -0.05) is 50.6 Å². The topological polar surface area (TPSA) is 26.3 Å². The average Bonchev–Trinajstić information content (AvgIpc) is 2.25. The molecule has 0 bridgehead atoms. The van der Waals surface area contributed by atoms with Gasteiger partial charge in [-0.2, -0.15) is 0 Å². The van der Waals surface area contributed by atoms with Gasteiger partial charge in [-0.3, -0.25) is 0 Å². The van der Waals surface area contributed by atoms with E-state index in [2.05, 4.69) is 43.7 Å². The highest BCUT2D eigenvalue weighted by atomic mass is 16.5. The predicted octanol–water partition coefficient (Wildman–Crippen LogP) is 3.26. The van der Waals surface area contributed by atoms with Gasteiger partial charge in [0.15, 0.2) is 0 Å². The lowest BCUT2D eigenvalue weighted by molar-refractivity contribution is -0.134. The van der Waals surface area contributed by atoms with Gasteiger partial charge in [-0.25, -0.2) is 4.79 Å². The van der Waals surface area contributed by atoms with Crippen LogP contribution in [0.15, 0.2) is 36.0 Å². The van der Waals surface area contributed by atoms with Crippen molar-refractivity contribution >= 4 is 5.97 Å². The SMILES string of the molecule is COC(=O)C=CC1C=CC=C(C(C)(C)C)C1. The lowest BCUT2D eigenvalue weighted by Gasteiger charge is -2.27. The van der Waals surface area contributed by atoms with Crippen LogP contribution in [-0.4, -0.2) is 13.1 Å². The molecule has 0 N–H and O–H groups in total. The average molecular weight is 220 g/mol. The van der Waals surface area contributed by atoms with Gasteiger partial charge in [-0.15, -0.1) is 0 Å². The zero-order chi connectivity index (χ0) is 12.2. The molecule has 2 heteroatoms. The highest BCUT2D eigenvalue weighted by molar-refractivity contribution is 5.81. The van der Waals surface area contributed by atoms with Crippen molar-refractivity contribution in [1.82, 2.24) is 0 Å². The Morgan fingerprint density at radius 3 is 2.75 bits per heavy atom. The van der Waals surface area contributed by atoms with E-state index in [4.69, 9.17) is 0 Å². The molecule has 1 rings (SSSR count). The van der Waals surface area contributed by atoms with Crippen LogP contribution in [0.5, 0.6) is 0 Å². The second-order valence-electron chi connectivity index (χ2n) is 5.08. The van der Waals surface area contributed by atoms with Crippen molar-refractivity contribution in [1.29, 1.82) is 0 Å². The van der Waals surface area contributed by atoms with Gasteiger partial charge in [0.1, 0.15) is 0 Å². The summed E-state index contributed by atoms with van der Waals surface area (Å²) in [5, 5.41) is 0. The normalized spacial score (nSPS) is 21.0. The van der Waals surface area contributed by atoms with Gasteiger partial charge in [0.2, 0.25) is 0 Å². The Labute approximate surface area is 97.7 Å². The zero-order valence-electron chi connectivity index (χ0n) is 10.5. The fourth-order valence-electron chi connectivity index (χ4n) is 1.66. The highest BCUT2D eigenvalue weighted by Gasteiger charge is 2.20. The first-order chi connectivity index (χ1) is 7.43. The maximum absolute atomic E-state index is 11.0. The van der Waals surface area contributed by atoms with Crippen molar-refractivity contribution in [3.05, 3.63) is 36.0 Å². The van der Waals surface area contributed by atoms with Gasteiger partial charge in [-0.05, 0) is 17.8 Å². The second kappa shape index (κ2) is 5.15. The molecule has 0 aromatic rings. The third-order valence-corrected chi connectivity index (χ3v) is 2.76. The number of hydrogen-bond donors (Lipinski definition) is 0. The van der Waals surface area contributed by atoms with Crippen LogP contribution in [-0.2, 0) is 9.53 Å². The van der Waals surface area contributed by atoms with E-state index < -0.39 is 0 Å². The van der Waals surface area contributed by atoms with E-state index in [1.54, 1.807) is 0 Å². The summed E-state index contributed by atoms with van der Waals surface area (Å²) < 4.78 is 4.57. The van der Waals surface area contributed by atoms with Gasteiger partial charge in [0.25, 0.3) is 0 Å². The molecular formula is C14H20O2. The third-order valence-electron chi connectivity index (χ3n) is 2.76. The largest absolute Gasteiger partial charge is 0.466 e. The highest BCUT2D eigenvalue weighted by Crippen LogP contribution is 2.33. The molecule has 1 atom stereocenters. The van der Waals surface area contributed by atoms with Crippen LogP contribution >= 0.6 is 0 Å². The quantitative estimate of drug-likeness (QED) is 0.527. The van der Waals surface area contributed by atoms with Crippen LogP contribution < -0.4 is 0 Å². The fourth-order valence-corrected chi connectivity index (χ4v) is 1.66. The van der Waals surface area contributed by atoms with E-state index in [1.807, 2.05) is 6.08 Å². The molecule has 0 spiro atoms. The molecule has 0 heterocycles. The molecule has 1 aliphatic carbocycles. The summed E-state index contributed by atoms with van der Waals surface area (Å²) in [5.41, 5.74) is 1.61. The molecule has 0 radical (unpaired) electrons. The van der Waals surface area contributed by atoms with Crippen molar-refractivity contribution < 1.29 is 9.53 Å². The Morgan fingerprint density at radius 2 is 2.19 bits per heavy atom. The van der Waals surface area contributed by atoms with Gasteiger partial charge in [0.05, 0.1) is 7.11 Å². The van der Waals surface area contributed by atoms with E-state index in [-0.39, 0.29) is 11.4 Å². The number of carbonyl (C=O) groups is 1. The lowest BCUT2D eigenvalue weighted by Crippen LogP contribution is -2.14. The van der Waals surface area contributed by atoms with Crippen molar-refractivity contribution in [3.8, 4) is 0 Å². The molecule has 0 aliphatic heterocycles. The Morgan fingerprint density at radius 1 is 1.50 bits per heavy atom. The van der Waals surface area contributed by atoms with E-state index in [0.717, 1.165) is 6.42 Å². The zero-order valence-corrected chi connectivity index (χ0v) is 10.5. The van der Waals surface area contributed by atoms with E-state index in [9.17, 15) is 4.79 Å². The smallest absolute Gasteiger partial charge is 0.330 e. The number of hydrogen-bond acceptors (Lipinski definition) is 2. The Hall–Kier alpha value is -1.31. The Bertz CT molecular complexity index is 340. The molecule has 0 saturated carbocycles. The molecule has 0 saturated heterocycles. The Kier molecular flexibility index (Phi) is 4.11. The number of methoxy groups -OCH3 is 1. The van der Waals surface area contributed by atoms with Gasteiger partial charge in [0, 0.05) is 6.08 Å². The maximum atomic E-state index is 11.0. The first-order valence-electron chi connectivity index (χ1n) is 5.57. The predicted molar refractivity (Wildman–Crippen MR) is 65.9 cm³/mol. The molecule has 0 amide bonds. The summed E-state index contributed by atoms with van der Waals surface area (Å²) in [7, 11) is 1.39. The molecule has 1 unspecified atom stereocenters. The number of rotatable bonds is 2. The number of esters is 1. The molecule has 0 aromatic carbocycles. The molecule has 88 valence electrons. The fraction of sp³-hybridized carbons (Fsp3) is 0.500. The summed E-state index contributed by atoms with van der Waals surface area (Å²) in [6.07, 6.45) is 10.7. The first kappa shape index (κ1) is 12.8. The second-order valence-corrected chi connectivity index (χ2v) is 5.08. The van der Waals surface area contributed by atoms with Gasteiger partial charge >= 0.3 is 5.97 Å². The van der Waals surface area contributed by atoms with Gasteiger partial charge < -0.3 is 4.74 Å². The first-order valence-corrected chi connectivity index (χ1v) is 5.57. The monoisotopic (exact) mass is 220 g/mol. The summed E-state index contributed by atoms with van der Waals surface area (Å²) in [6.45, 7) is 6.62. The van der Waals surface area contributed by atoms with Crippen LogP contribution in [0.1, 0.15) is 27.2 Å². The molecule has 1 aliphatic rings. The summed E-state index contributed by atoms with van der Waals surface area (Å²) in [6, 6.07) is 0. The number of allylic oxidation sites excluding steroid dienone is 5. The summed E-state index contributed by atoms with van der Waals surface area (Å²) in [5.74, 6) is 0.0126. The van der Waals surface area contributed by atoms with Crippen molar-refractivity contribution in [2.75, 3.05) is 7.11 Å². The molecule has 16 heavy (non-hydrogen) atoms. The summed E-state index contributed by atoms with van der Waals surface area (Å²) >= 11 is 0. The third kappa shape index (κ3) is 3.69. The van der Waals surface area contributed by atoms with Crippen LogP contribution in [0.3, 0.4) is 0 Å². The molecule has 0 aromatic heterocycles. The lowest BCUT2D eigenvalue weighted by atomic mass is 9.79. The Balaban J connectivity index is 2.64. The molecule has 2 nitrogen and oxygen atoms in total. The van der Waals surface area contributed by atoms with Crippen LogP contribution in [0.4, 0.5) is 0 Å². The molecular weight excluding hydrogens is 200 g/mol. The number of carbonyl (C=O) groups excluding carboxylic acids is 1. The minimum absolute atomic E-state index is 0.197. The standard InChI is InChI=1S/C14H20O2/c1-14(2,3)12-7-5-6-11(10-12)8-9-13(15)16-4/h5-9,11H,10H2,1-4H3. The maximum Gasteiger partial charge on any atom is 0.330 e. The van der Waals surface area contributed by atoms with Crippen LogP contribution in [0.25, 0.3) is 0 Å². The van der Waals surface area contributed by atoms with E-state index in [0.29, 0.717) is 5.92 Å². The van der Waals surface area contributed by atoms with Crippen molar-refractivity contribution in [3.63, 3.8) is 0 Å². The number of ether oxygens (including phenoxy) is 1.